The van der Waals surface area contributed by atoms with Gasteiger partial charge in [0.1, 0.15) is 24.1 Å². The number of aromatic nitrogens is 3. The summed E-state index contributed by atoms with van der Waals surface area (Å²) in [6.07, 6.45) is 1.65. The summed E-state index contributed by atoms with van der Waals surface area (Å²) in [5, 5.41) is 17.8. The molecule has 0 saturated carbocycles. The van der Waals surface area contributed by atoms with Gasteiger partial charge in [0.05, 0.1) is 0 Å². The van der Waals surface area contributed by atoms with Crippen molar-refractivity contribution in [2.45, 2.75) is 23.2 Å². The van der Waals surface area contributed by atoms with Crippen LogP contribution in [-0.4, -0.2) is 14.8 Å². The molecule has 0 unspecified atom stereocenters. The number of ether oxygens (including phenoxy) is 1. The molecule has 0 amide bonds. The Labute approximate surface area is 158 Å². The van der Waals surface area contributed by atoms with E-state index in [0.29, 0.717) is 22.4 Å². The summed E-state index contributed by atoms with van der Waals surface area (Å²) in [6.45, 7) is 4.08. The zero-order valence-electron chi connectivity index (χ0n) is 14.1. The van der Waals surface area contributed by atoms with Crippen LogP contribution < -0.4 is 4.74 Å². The van der Waals surface area contributed by atoms with Gasteiger partial charge in [0.2, 0.25) is 0 Å². The maximum Gasteiger partial charge on any atom is 0.196 e. The second-order valence-electron chi connectivity index (χ2n) is 5.34. The predicted molar refractivity (Wildman–Crippen MR) is 96.2 cm³/mol. The molecule has 0 N–H and O–H groups in total. The number of nitriles is 1. The van der Waals surface area contributed by atoms with E-state index in [4.69, 9.17) is 4.74 Å². The SMILES string of the molecule is C=CCn1c(COc2ccccc2F)nnc1Sc1cccc(F)c1C#N. The minimum Gasteiger partial charge on any atom is -0.483 e. The number of hydrogen-bond acceptors (Lipinski definition) is 5. The molecule has 8 heteroatoms. The highest BCUT2D eigenvalue weighted by Gasteiger charge is 2.17. The summed E-state index contributed by atoms with van der Waals surface area (Å²) in [7, 11) is 0. The van der Waals surface area contributed by atoms with Crippen molar-refractivity contribution in [1.82, 2.24) is 14.8 Å². The normalized spacial score (nSPS) is 10.4. The topological polar surface area (TPSA) is 63.7 Å². The highest BCUT2D eigenvalue weighted by atomic mass is 32.2. The van der Waals surface area contributed by atoms with Crippen molar-refractivity contribution >= 4 is 11.8 Å². The Balaban J connectivity index is 1.86. The first kappa shape index (κ1) is 18.6. The summed E-state index contributed by atoms with van der Waals surface area (Å²) in [5.41, 5.74) is -0.0557. The van der Waals surface area contributed by atoms with E-state index in [0.717, 1.165) is 11.8 Å². The second kappa shape index (κ2) is 8.47. The fourth-order valence-electron chi connectivity index (χ4n) is 2.31. The Morgan fingerprint density at radius 2 is 1.93 bits per heavy atom. The molecule has 3 aromatic rings. The molecular weight excluding hydrogens is 370 g/mol. The predicted octanol–water partition coefficient (Wildman–Crippen LogP) is 4.34. The molecule has 27 heavy (non-hydrogen) atoms. The molecule has 5 nitrogen and oxygen atoms in total. The maximum atomic E-state index is 13.8. The summed E-state index contributed by atoms with van der Waals surface area (Å²) in [4.78, 5) is 0.428. The molecule has 0 aliphatic heterocycles. The Hall–Kier alpha value is -3.18. The average Bonchev–Trinajstić information content (AvgIpc) is 3.03. The molecule has 3 rings (SSSR count). The van der Waals surface area contributed by atoms with Gasteiger partial charge in [-0.2, -0.15) is 5.26 Å². The van der Waals surface area contributed by atoms with Crippen molar-refractivity contribution in [3.05, 3.63) is 78.1 Å². The van der Waals surface area contributed by atoms with Gasteiger partial charge >= 0.3 is 0 Å². The highest BCUT2D eigenvalue weighted by Crippen LogP contribution is 2.31. The van der Waals surface area contributed by atoms with Crippen molar-refractivity contribution < 1.29 is 13.5 Å². The molecule has 0 saturated heterocycles. The minimum absolute atomic E-state index is 0.00338. The summed E-state index contributed by atoms with van der Waals surface area (Å²) < 4.78 is 34.7. The van der Waals surface area contributed by atoms with E-state index >= 15 is 0 Å². The smallest absolute Gasteiger partial charge is 0.196 e. The Kier molecular flexibility index (Phi) is 5.84. The molecule has 0 bridgehead atoms. The van der Waals surface area contributed by atoms with Crippen LogP contribution in [0.15, 0.2) is 65.2 Å². The minimum atomic E-state index is -0.597. The lowest BCUT2D eigenvalue weighted by atomic mass is 10.2. The summed E-state index contributed by atoms with van der Waals surface area (Å²) in [5.74, 6) is -0.506. The number of hydrogen-bond donors (Lipinski definition) is 0. The van der Waals surface area contributed by atoms with Crippen LogP contribution in [0.1, 0.15) is 11.4 Å². The molecule has 136 valence electrons. The fourth-order valence-corrected chi connectivity index (χ4v) is 3.27. The van der Waals surface area contributed by atoms with Gasteiger partial charge in [0, 0.05) is 11.4 Å². The van der Waals surface area contributed by atoms with Gasteiger partial charge in [-0.05, 0) is 36.0 Å². The van der Waals surface area contributed by atoms with E-state index in [1.165, 1.54) is 24.3 Å². The van der Waals surface area contributed by atoms with Crippen LogP contribution in [0.3, 0.4) is 0 Å². The van der Waals surface area contributed by atoms with Crippen LogP contribution in [0.4, 0.5) is 8.78 Å². The first-order valence-corrected chi connectivity index (χ1v) is 8.72. The lowest BCUT2D eigenvalue weighted by Gasteiger charge is -2.10. The number of nitrogens with zero attached hydrogens (tertiary/aromatic N) is 4. The molecule has 0 aliphatic carbocycles. The lowest BCUT2D eigenvalue weighted by Crippen LogP contribution is -2.08. The third-order valence-corrected chi connectivity index (χ3v) is 4.63. The Morgan fingerprint density at radius 1 is 1.15 bits per heavy atom. The molecule has 0 radical (unpaired) electrons. The van der Waals surface area contributed by atoms with Crippen LogP contribution >= 0.6 is 11.8 Å². The van der Waals surface area contributed by atoms with E-state index in [2.05, 4.69) is 16.8 Å². The monoisotopic (exact) mass is 384 g/mol. The van der Waals surface area contributed by atoms with E-state index in [1.807, 2.05) is 6.07 Å². The zero-order chi connectivity index (χ0) is 19.2. The third kappa shape index (κ3) is 4.15. The van der Waals surface area contributed by atoms with Crippen molar-refractivity contribution in [1.29, 1.82) is 5.26 Å². The van der Waals surface area contributed by atoms with Crippen molar-refractivity contribution in [3.8, 4) is 11.8 Å². The van der Waals surface area contributed by atoms with Crippen LogP contribution in [-0.2, 0) is 13.2 Å². The first-order valence-electron chi connectivity index (χ1n) is 7.90. The Morgan fingerprint density at radius 3 is 2.67 bits per heavy atom. The largest absolute Gasteiger partial charge is 0.483 e. The maximum absolute atomic E-state index is 13.8. The average molecular weight is 384 g/mol. The molecule has 0 fully saturated rings. The lowest BCUT2D eigenvalue weighted by molar-refractivity contribution is 0.275. The van der Waals surface area contributed by atoms with Crippen molar-refractivity contribution in [2.75, 3.05) is 0 Å². The Bertz CT molecular complexity index is 1010. The van der Waals surface area contributed by atoms with Crippen molar-refractivity contribution in [3.63, 3.8) is 0 Å². The van der Waals surface area contributed by atoms with Gasteiger partial charge in [0.15, 0.2) is 22.5 Å². The van der Waals surface area contributed by atoms with Crippen molar-refractivity contribution in [2.24, 2.45) is 0 Å². The molecule has 1 heterocycles. The van der Waals surface area contributed by atoms with Gasteiger partial charge < -0.3 is 4.74 Å². The summed E-state index contributed by atoms with van der Waals surface area (Å²) in [6, 6.07) is 12.3. The number of benzene rings is 2. The van der Waals surface area contributed by atoms with Crippen LogP contribution in [0.25, 0.3) is 0 Å². The number of allylic oxidation sites excluding steroid dienone is 1. The van der Waals surface area contributed by atoms with Gasteiger partial charge in [-0.1, -0.05) is 24.3 Å². The first-order chi connectivity index (χ1) is 13.1. The zero-order valence-corrected chi connectivity index (χ0v) is 14.9. The molecular formula is C19H14F2N4OS. The number of para-hydroxylation sites is 1. The fraction of sp³-hybridized carbons (Fsp3) is 0.105. The van der Waals surface area contributed by atoms with E-state index in [-0.39, 0.29) is 17.9 Å². The molecule has 0 aliphatic rings. The molecule has 0 spiro atoms. The molecule has 2 aromatic carbocycles. The van der Waals surface area contributed by atoms with E-state index in [1.54, 1.807) is 28.8 Å². The quantitative estimate of drug-likeness (QED) is 0.567. The van der Waals surface area contributed by atoms with E-state index < -0.39 is 11.6 Å². The van der Waals surface area contributed by atoms with Crippen LogP contribution in [0, 0.1) is 23.0 Å². The molecule has 1 aromatic heterocycles. The second-order valence-corrected chi connectivity index (χ2v) is 6.35. The van der Waals surface area contributed by atoms with E-state index in [9.17, 15) is 14.0 Å². The molecule has 0 atom stereocenters. The number of rotatable bonds is 7. The van der Waals surface area contributed by atoms with Gasteiger partial charge in [0.25, 0.3) is 0 Å². The van der Waals surface area contributed by atoms with Crippen LogP contribution in [0.5, 0.6) is 5.75 Å². The third-order valence-electron chi connectivity index (χ3n) is 3.59. The number of halogens is 2. The highest BCUT2D eigenvalue weighted by molar-refractivity contribution is 7.99. The standard InChI is InChI=1S/C19H14F2N4OS/c1-2-10-25-18(12-26-16-8-4-3-6-15(16)21)23-24-19(25)27-17-9-5-7-14(20)13(17)11-22/h2-9H,1,10,12H2. The summed E-state index contributed by atoms with van der Waals surface area (Å²) >= 11 is 1.11. The van der Waals surface area contributed by atoms with Gasteiger partial charge in [-0.25, -0.2) is 8.78 Å². The van der Waals surface area contributed by atoms with Gasteiger partial charge in [-0.15, -0.1) is 16.8 Å². The van der Waals surface area contributed by atoms with Crippen LogP contribution in [0.2, 0.25) is 0 Å². The van der Waals surface area contributed by atoms with Gasteiger partial charge in [-0.3, -0.25) is 4.57 Å².